The molecule has 0 aliphatic carbocycles. The van der Waals surface area contributed by atoms with Gasteiger partial charge in [-0.15, -0.1) is 0 Å². The third-order valence-electron chi connectivity index (χ3n) is 3.93. The number of hydrogen-bond donors (Lipinski definition) is 0. The van der Waals surface area contributed by atoms with E-state index in [0.717, 1.165) is 5.54 Å². The molecule has 0 spiro atoms. The first-order valence-corrected chi connectivity index (χ1v) is 8.50. The van der Waals surface area contributed by atoms with Gasteiger partial charge in [0.15, 0.2) is 0 Å². The fraction of sp³-hybridized carbons (Fsp3) is 0.909. The van der Waals surface area contributed by atoms with Gasteiger partial charge in [0, 0.05) is 6.04 Å². The van der Waals surface area contributed by atoms with E-state index in [4.69, 9.17) is 0 Å². The van der Waals surface area contributed by atoms with Crippen LogP contribution in [0.5, 0.6) is 0 Å². The Hall–Kier alpha value is 0.177. The zero-order valence-corrected chi connectivity index (χ0v) is 10.9. The molecule has 1 aliphatic heterocycles. The first-order valence-electron chi connectivity index (χ1n) is 5.51. The summed E-state index contributed by atoms with van der Waals surface area (Å²) in [6.07, 6.45) is 0. The highest BCUT2D eigenvalue weighted by molar-refractivity contribution is 6.80. The van der Waals surface area contributed by atoms with Crippen LogP contribution in [0.1, 0.15) is 27.7 Å². The van der Waals surface area contributed by atoms with Crippen molar-refractivity contribution in [1.82, 2.24) is 4.90 Å². The van der Waals surface area contributed by atoms with Crippen molar-refractivity contribution in [2.75, 3.05) is 13.1 Å². The van der Waals surface area contributed by atoms with Crippen molar-refractivity contribution in [3.8, 4) is 0 Å². The van der Waals surface area contributed by atoms with Crippen molar-refractivity contribution in [2.24, 2.45) is 0 Å². The predicted octanol–water partition coefficient (Wildman–Crippen LogP) is 3.36. The highest BCUT2D eigenvalue weighted by atomic mass is 28.3. The summed E-state index contributed by atoms with van der Waals surface area (Å²) in [6.45, 7) is 14.5. The van der Waals surface area contributed by atoms with Crippen molar-refractivity contribution in [2.45, 2.75) is 51.9 Å². The summed E-state index contributed by atoms with van der Waals surface area (Å²) in [4.78, 5) is 2.55. The monoisotopic (exact) mass is 198 g/mol. The van der Waals surface area contributed by atoms with Crippen molar-refractivity contribution in [1.29, 1.82) is 0 Å². The molecule has 1 heterocycles. The largest absolute Gasteiger partial charge is 0.297 e. The smallest absolute Gasteiger partial charge is 0.0555 e. The molecule has 0 aromatic heterocycles. The van der Waals surface area contributed by atoms with Gasteiger partial charge in [-0.25, -0.2) is 0 Å². The Kier molecular flexibility index (Phi) is 3.58. The zero-order valence-electron chi connectivity index (χ0n) is 9.85. The van der Waals surface area contributed by atoms with Gasteiger partial charge in [0.25, 0.3) is 0 Å². The molecule has 1 saturated heterocycles. The second-order valence-corrected chi connectivity index (χ2v) is 10.7. The van der Waals surface area contributed by atoms with Gasteiger partial charge in [-0.3, -0.25) is 4.90 Å². The van der Waals surface area contributed by atoms with Gasteiger partial charge in [0.1, 0.15) is 0 Å². The molecule has 0 unspecified atom stereocenters. The Balaban J connectivity index is 2.47. The van der Waals surface area contributed by atoms with E-state index in [1.165, 1.54) is 31.2 Å². The van der Waals surface area contributed by atoms with Gasteiger partial charge in [-0.1, -0.05) is 25.9 Å². The summed E-state index contributed by atoms with van der Waals surface area (Å²) in [5.41, 5.74) is 0.965. The molecule has 13 heavy (non-hydrogen) atoms. The third-order valence-corrected chi connectivity index (χ3v) is 9.45. The Labute approximate surface area is 84.5 Å². The highest BCUT2D eigenvalue weighted by Gasteiger charge is 2.35. The molecule has 0 aromatic carbocycles. The van der Waals surface area contributed by atoms with Crippen LogP contribution in [0.15, 0.2) is 0 Å². The molecule has 1 aliphatic rings. The van der Waals surface area contributed by atoms with Crippen LogP contribution < -0.4 is 0 Å². The van der Waals surface area contributed by atoms with Gasteiger partial charge in [0.2, 0.25) is 0 Å². The van der Waals surface area contributed by atoms with Gasteiger partial charge in [-0.2, -0.15) is 0 Å². The van der Waals surface area contributed by atoms with Gasteiger partial charge >= 0.3 is 0 Å². The van der Waals surface area contributed by atoms with Crippen LogP contribution in [0.3, 0.4) is 0 Å². The van der Waals surface area contributed by atoms with Crippen LogP contribution >= 0.6 is 0 Å². The standard InChI is InChI=1S/C11H24NSi/c1-10(2)12-6-8-13(5,9-7-12)11(3)4/h11H,6-9H2,1-5H3. The minimum absolute atomic E-state index is 0.857. The second-order valence-electron chi connectivity index (χ2n) is 5.24. The lowest BCUT2D eigenvalue weighted by Crippen LogP contribution is -2.46. The van der Waals surface area contributed by atoms with Gasteiger partial charge in [0.05, 0.1) is 8.07 Å². The zero-order chi connectivity index (χ0) is 10.1. The minimum atomic E-state index is -0.857. The first kappa shape index (κ1) is 11.3. The van der Waals surface area contributed by atoms with Crippen molar-refractivity contribution < 1.29 is 0 Å². The summed E-state index contributed by atoms with van der Waals surface area (Å²) in [7, 11) is -0.857. The SMILES string of the molecule is C[C](C)N1CC[Si](C)(C(C)C)CC1. The fourth-order valence-electron chi connectivity index (χ4n) is 2.04. The van der Waals surface area contributed by atoms with Crippen molar-refractivity contribution >= 4 is 8.07 Å². The Morgan fingerprint density at radius 2 is 1.62 bits per heavy atom. The quantitative estimate of drug-likeness (QED) is 0.615. The molecule has 1 rings (SSSR count). The Morgan fingerprint density at radius 1 is 1.15 bits per heavy atom. The van der Waals surface area contributed by atoms with E-state index in [-0.39, 0.29) is 0 Å². The average molecular weight is 198 g/mol. The maximum absolute atomic E-state index is 2.58. The normalized spacial score (nSPS) is 24.2. The summed E-state index contributed by atoms with van der Waals surface area (Å²) < 4.78 is 0. The van der Waals surface area contributed by atoms with E-state index in [2.05, 4.69) is 39.1 Å². The van der Waals surface area contributed by atoms with Crippen LogP contribution in [-0.4, -0.2) is 26.1 Å². The molecule has 1 radical (unpaired) electrons. The van der Waals surface area contributed by atoms with Gasteiger partial charge < -0.3 is 0 Å². The minimum Gasteiger partial charge on any atom is -0.297 e. The maximum Gasteiger partial charge on any atom is 0.0555 e. The van der Waals surface area contributed by atoms with E-state index in [9.17, 15) is 0 Å². The van der Waals surface area contributed by atoms with E-state index in [1.807, 2.05) is 0 Å². The lowest BCUT2D eigenvalue weighted by atomic mass is 10.3. The number of rotatable bonds is 2. The van der Waals surface area contributed by atoms with Gasteiger partial charge in [-0.05, 0) is 39.0 Å². The highest BCUT2D eigenvalue weighted by Crippen LogP contribution is 2.33. The molecule has 0 atom stereocenters. The fourth-order valence-corrected chi connectivity index (χ4v) is 5.01. The predicted molar refractivity (Wildman–Crippen MR) is 62.5 cm³/mol. The summed E-state index contributed by atoms with van der Waals surface area (Å²) in [5, 5.41) is 0. The second kappa shape index (κ2) is 4.14. The first-order chi connectivity index (χ1) is 5.96. The summed E-state index contributed by atoms with van der Waals surface area (Å²) in [6, 6.07) is 4.49. The molecule has 1 nitrogen and oxygen atoms in total. The molecular weight excluding hydrogens is 174 g/mol. The summed E-state index contributed by atoms with van der Waals surface area (Å²) in [5.74, 6) is 0. The molecular formula is C11H24NSi. The lowest BCUT2D eigenvalue weighted by Gasteiger charge is -2.41. The van der Waals surface area contributed by atoms with Crippen LogP contribution in [0.4, 0.5) is 0 Å². The van der Waals surface area contributed by atoms with Crippen molar-refractivity contribution in [3.05, 3.63) is 6.04 Å². The molecule has 77 valence electrons. The number of hydrogen-bond acceptors (Lipinski definition) is 1. The average Bonchev–Trinajstić information content (AvgIpc) is 2.04. The molecule has 0 N–H and O–H groups in total. The van der Waals surface area contributed by atoms with Crippen LogP contribution in [0.25, 0.3) is 0 Å². The van der Waals surface area contributed by atoms with E-state index in [0.29, 0.717) is 0 Å². The maximum atomic E-state index is 2.58. The molecule has 0 saturated carbocycles. The molecule has 1 fully saturated rings. The van der Waals surface area contributed by atoms with Crippen LogP contribution in [0, 0.1) is 6.04 Å². The number of nitrogens with zero attached hydrogens (tertiary/aromatic N) is 1. The molecule has 0 amide bonds. The molecule has 2 heteroatoms. The van der Waals surface area contributed by atoms with E-state index in [1.54, 1.807) is 0 Å². The van der Waals surface area contributed by atoms with Crippen molar-refractivity contribution in [3.63, 3.8) is 0 Å². The third kappa shape index (κ3) is 2.56. The van der Waals surface area contributed by atoms with Crippen LogP contribution in [-0.2, 0) is 0 Å². The Morgan fingerprint density at radius 3 is 1.92 bits per heavy atom. The van der Waals surface area contributed by atoms with E-state index >= 15 is 0 Å². The molecule has 0 aromatic rings. The molecule has 0 bridgehead atoms. The lowest BCUT2D eigenvalue weighted by molar-refractivity contribution is 0.308. The van der Waals surface area contributed by atoms with E-state index < -0.39 is 8.07 Å². The Bertz CT molecular complexity index is 157. The van der Waals surface area contributed by atoms with Crippen LogP contribution in [0.2, 0.25) is 24.2 Å². The topological polar surface area (TPSA) is 3.24 Å². The summed E-state index contributed by atoms with van der Waals surface area (Å²) >= 11 is 0.